The van der Waals surface area contributed by atoms with Crippen molar-refractivity contribution in [3.63, 3.8) is 0 Å². The lowest BCUT2D eigenvalue weighted by molar-refractivity contribution is -0.137. The molecule has 6 heteroatoms. The van der Waals surface area contributed by atoms with E-state index in [9.17, 15) is 14.7 Å². The van der Waals surface area contributed by atoms with Crippen molar-refractivity contribution in [3.05, 3.63) is 35.9 Å². The zero-order valence-corrected chi connectivity index (χ0v) is 14.4. The standard InChI is InChI=1S/C18H28N2O4/c1-13(2)15(12-21)11-19-18(24)20-16(8-9-17(22)23)10-14-6-4-3-5-7-14/h3-7,13,15-16,21H,8-12H2,1-2H3,(H,22,23)(H2,19,20,24). The van der Waals surface area contributed by atoms with Crippen LogP contribution in [0.25, 0.3) is 0 Å². The molecule has 2 unspecified atom stereocenters. The number of nitrogens with one attached hydrogen (secondary N) is 2. The van der Waals surface area contributed by atoms with Crippen LogP contribution in [0, 0.1) is 11.8 Å². The van der Waals surface area contributed by atoms with Crippen LogP contribution in [0.3, 0.4) is 0 Å². The Morgan fingerprint density at radius 2 is 1.83 bits per heavy atom. The van der Waals surface area contributed by atoms with Gasteiger partial charge in [0.25, 0.3) is 0 Å². The van der Waals surface area contributed by atoms with Crippen molar-refractivity contribution in [2.75, 3.05) is 13.2 Å². The number of carboxylic acids is 1. The molecule has 0 spiro atoms. The number of amides is 2. The molecule has 6 nitrogen and oxygen atoms in total. The molecular weight excluding hydrogens is 308 g/mol. The molecule has 24 heavy (non-hydrogen) atoms. The van der Waals surface area contributed by atoms with E-state index in [0.29, 0.717) is 19.4 Å². The lowest BCUT2D eigenvalue weighted by Gasteiger charge is -2.22. The minimum atomic E-state index is -0.879. The first-order chi connectivity index (χ1) is 11.4. The minimum Gasteiger partial charge on any atom is -0.481 e. The van der Waals surface area contributed by atoms with Gasteiger partial charge < -0.3 is 20.8 Å². The van der Waals surface area contributed by atoms with Gasteiger partial charge in [0.2, 0.25) is 0 Å². The van der Waals surface area contributed by atoms with Crippen LogP contribution in [0.5, 0.6) is 0 Å². The van der Waals surface area contributed by atoms with E-state index < -0.39 is 5.97 Å². The van der Waals surface area contributed by atoms with Gasteiger partial charge in [-0.3, -0.25) is 4.79 Å². The van der Waals surface area contributed by atoms with Gasteiger partial charge in [-0.2, -0.15) is 0 Å². The summed E-state index contributed by atoms with van der Waals surface area (Å²) < 4.78 is 0. The number of hydrogen-bond acceptors (Lipinski definition) is 3. The fraction of sp³-hybridized carbons (Fsp3) is 0.556. The SMILES string of the molecule is CC(C)C(CO)CNC(=O)NC(CCC(=O)O)Cc1ccccc1. The largest absolute Gasteiger partial charge is 0.481 e. The van der Waals surface area contributed by atoms with Crippen LogP contribution >= 0.6 is 0 Å². The Hall–Kier alpha value is -2.08. The summed E-state index contributed by atoms with van der Waals surface area (Å²) in [6, 6.07) is 9.06. The third-order valence-electron chi connectivity index (χ3n) is 4.07. The maximum Gasteiger partial charge on any atom is 0.315 e. The quantitative estimate of drug-likeness (QED) is 0.525. The maximum absolute atomic E-state index is 12.1. The van der Waals surface area contributed by atoms with Crippen molar-refractivity contribution < 1.29 is 19.8 Å². The number of rotatable bonds is 10. The van der Waals surface area contributed by atoms with Crippen LogP contribution in [-0.4, -0.2) is 41.4 Å². The van der Waals surface area contributed by atoms with E-state index >= 15 is 0 Å². The lowest BCUT2D eigenvalue weighted by Crippen LogP contribution is -2.45. The molecular formula is C18H28N2O4. The highest BCUT2D eigenvalue weighted by molar-refractivity contribution is 5.74. The molecule has 1 aromatic rings. The Balaban J connectivity index is 2.56. The molecule has 4 N–H and O–H groups in total. The molecule has 0 radical (unpaired) electrons. The first-order valence-corrected chi connectivity index (χ1v) is 8.33. The number of carbonyl (C=O) groups excluding carboxylic acids is 1. The number of urea groups is 1. The van der Waals surface area contributed by atoms with E-state index in [1.165, 1.54) is 0 Å². The molecule has 0 aliphatic carbocycles. The molecule has 1 aromatic carbocycles. The fourth-order valence-electron chi connectivity index (χ4n) is 2.39. The summed E-state index contributed by atoms with van der Waals surface area (Å²) in [5.74, 6) is -0.611. The minimum absolute atomic E-state index is 0.00217. The molecule has 2 atom stereocenters. The Labute approximate surface area is 143 Å². The average Bonchev–Trinajstić information content (AvgIpc) is 2.53. The van der Waals surface area contributed by atoms with Gasteiger partial charge in [0.15, 0.2) is 0 Å². The van der Waals surface area contributed by atoms with Gasteiger partial charge in [0.05, 0.1) is 0 Å². The fourth-order valence-corrected chi connectivity index (χ4v) is 2.39. The summed E-state index contributed by atoms with van der Waals surface area (Å²) in [7, 11) is 0. The summed E-state index contributed by atoms with van der Waals surface area (Å²) in [4.78, 5) is 22.9. The second kappa shape index (κ2) is 10.6. The Morgan fingerprint density at radius 1 is 1.17 bits per heavy atom. The summed E-state index contributed by atoms with van der Waals surface area (Å²) in [5, 5.41) is 23.8. The van der Waals surface area contributed by atoms with Crippen molar-refractivity contribution in [1.82, 2.24) is 10.6 Å². The van der Waals surface area contributed by atoms with E-state index in [4.69, 9.17) is 5.11 Å². The molecule has 0 aromatic heterocycles. The first kappa shape index (κ1) is 20.0. The van der Waals surface area contributed by atoms with Crippen molar-refractivity contribution in [1.29, 1.82) is 0 Å². The van der Waals surface area contributed by atoms with Crippen molar-refractivity contribution >= 4 is 12.0 Å². The first-order valence-electron chi connectivity index (χ1n) is 8.33. The normalized spacial score (nSPS) is 13.3. The number of hydrogen-bond donors (Lipinski definition) is 4. The van der Waals surface area contributed by atoms with E-state index in [2.05, 4.69) is 10.6 Å². The smallest absolute Gasteiger partial charge is 0.315 e. The second-order valence-electron chi connectivity index (χ2n) is 6.36. The van der Waals surface area contributed by atoms with Gasteiger partial charge in [-0.25, -0.2) is 4.79 Å². The molecule has 0 heterocycles. The molecule has 0 saturated carbocycles. The van der Waals surface area contributed by atoms with Gasteiger partial charge in [0, 0.05) is 31.5 Å². The Morgan fingerprint density at radius 3 is 2.38 bits per heavy atom. The van der Waals surface area contributed by atoms with Gasteiger partial charge in [-0.1, -0.05) is 44.2 Å². The monoisotopic (exact) mass is 336 g/mol. The average molecular weight is 336 g/mol. The number of aliphatic hydroxyl groups excluding tert-OH is 1. The summed E-state index contributed by atoms with van der Waals surface area (Å²) in [5.41, 5.74) is 1.05. The predicted octanol–water partition coefficient (Wildman–Crippen LogP) is 2.03. The van der Waals surface area contributed by atoms with E-state index in [-0.39, 0.29) is 36.9 Å². The van der Waals surface area contributed by atoms with Gasteiger partial charge in [-0.15, -0.1) is 0 Å². The van der Waals surface area contributed by atoms with Crippen LogP contribution in [0.15, 0.2) is 30.3 Å². The number of carboxylic acid groups (broad SMARTS) is 1. The molecule has 134 valence electrons. The molecule has 0 bridgehead atoms. The van der Waals surface area contributed by atoms with E-state index in [1.807, 2.05) is 44.2 Å². The van der Waals surface area contributed by atoms with Crippen LogP contribution < -0.4 is 10.6 Å². The van der Waals surface area contributed by atoms with Crippen molar-refractivity contribution in [2.45, 2.75) is 39.2 Å². The lowest BCUT2D eigenvalue weighted by atomic mass is 9.97. The van der Waals surface area contributed by atoms with E-state index in [0.717, 1.165) is 5.56 Å². The number of aliphatic carboxylic acids is 1. The molecule has 0 aliphatic heterocycles. The zero-order chi connectivity index (χ0) is 17.9. The number of aliphatic hydroxyl groups is 1. The van der Waals surface area contributed by atoms with Gasteiger partial charge >= 0.3 is 12.0 Å². The topological polar surface area (TPSA) is 98.7 Å². The second-order valence-corrected chi connectivity index (χ2v) is 6.36. The Bertz CT molecular complexity index is 505. The molecule has 1 rings (SSSR count). The maximum atomic E-state index is 12.1. The van der Waals surface area contributed by atoms with Crippen LogP contribution in [0.2, 0.25) is 0 Å². The van der Waals surface area contributed by atoms with Crippen LogP contribution in [-0.2, 0) is 11.2 Å². The number of benzene rings is 1. The van der Waals surface area contributed by atoms with Gasteiger partial charge in [-0.05, 0) is 24.3 Å². The van der Waals surface area contributed by atoms with Gasteiger partial charge in [0.1, 0.15) is 0 Å². The molecule has 0 fully saturated rings. The molecule has 0 saturated heterocycles. The molecule has 2 amide bonds. The summed E-state index contributed by atoms with van der Waals surface area (Å²) in [6.07, 6.45) is 0.948. The highest BCUT2D eigenvalue weighted by Gasteiger charge is 2.17. The summed E-state index contributed by atoms with van der Waals surface area (Å²) in [6.45, 7) is 4.39. The Kier molecular flexibility index (Phi) is 8.86. The summed E-state index contributed by atoms with van der Waals surface area (Å²) >= 11 is 0. The van der Waals surface area contributed by atoms with Crippen LogP contribution in [0.4, 0.5) is 4.79 Å². The predicted molar refractivity (Wildman–Crippen MR) is 92.8 cm³/mol. The highest BCUT2D eigenvalue weighted by Crippen LogP contribution is 2.09. The van der Waals surface area contributed by atoms with Crippen molar-refractivity contribution in [2.24, 2.45) is 11.8 Å². The van der Waals surface area contributed by atoms with E-state index in [1.54, 1.807) is 0 Å². The number of carbonyl (C=O) groups is 2. The zero-order valence-electron chi connectivity index (χ0n) is 14.4. The highest BCUT2D eigenvalue weighted by atomic mass is 16.4. The van der Waals surface area contributed by atoms with Crippen LogP contribution in [0.1, 0.15) is 32.3 Å². The third kappa shape index (κ3) is 7.97. The molecule has 0 aliphatic rings. The third-order valence-corrected chi connectivity index (χ3v) is 4.07. The van der Waals surface area contributed by atoms with Crippen molar-refractivity contribution in [3.8, 4) is 0 Å².